The number of anilines is 2. The fourth-order valence-corrected chi connectivity index (χ4v) is 3.43. The molecule has 9 heteroatoms. The number of benzene rings is 1. The van der Waals surface area contributed by atoms with Crippen molar-refractivity contribution in [3.05, 3.63) is 71.7 Å². The first-order valence-electron chi connectivity index (χ1n) is 9.41. The molecule has 0 saturated carbocycles. The van der Waals surface area contributed by atoms with Gasteiger partial charge in [0.05, 0.1) is 23.4 Å². The molecule has 1 aliphatic rings. The second kappa shape index (κ2) is 7.82. The molecule has 0 radical (unpaired) electrons. The summed E-state index contributed by atoms with van der Waals surface area (Å²) in [5.74, 6) is -0.825. The van der Waals surface area contributed by atoms with Crippen LogP contribution in [0.1, 0.15) is 16.8 Å². The van der Waals surface area contributed by atoms with Crippen molar-refractivity contribution in [1.29, 1.82) is 0 Å². The summed E-state index contributed by atoms with van der Waals surface area (Å²) in [5, 5.41) is 2.54. The van der Waals surface area contributed by atoms with Crippen LogP contribution >= 0.6 is 0 Å². The number of fused-ring (bicyclic) bond motifs is 3. The predicted molar refractivity (Wildman–Crippen MR) is 108 cm³/mol. The van der Waals surface area contributed by atoms with Crippen molar-refractivity contribution in [1.82, 2.24) is 9.97 Å². The van der Waals surface area contributed by atoms with Crippen LogP contribution in [0.2, 0.25) is 0 Å². The summed E-state index contributed by atoms with van der Waals surface area (Å²) < 4.78 is 38.2. The lowest BCUT2D eigenvalue weighted by molar-refractivity contribution is -0.137. The van der Waals surface area contributed by atoms with E-state index in [2.05, 4.69) is 15.3 Å². The number of carbonyl (C=O) groups is 2. The summed E-state index contributed by atoms with van der Waals surface area (Å²) in [5.41, 5.74) is 2.56. The monoisotopic (exact) mass is 426 g/mol. The van der Waals surface area contributed by atoms with E-state index in [0.29, 0.717) is 22.6 Å². The summed E-state index contributed by atoms with van der Waals surface area (Å²) in [6, 6.07) is 9.37. The highest BCUT2D eigenvalue weighted by Crippen LogP contribution is 2.35. The number of hydrogen-bond donors (Lipinski definition) is 1. The van der Waals surface area contributed by atoms with Gasteiger partial charge < -0.3 is 10.2 Å². The Morgan fingerprint density at radius 3 is 2.61 bits per heavy atom. The van der Waals surface area contributed by atoms with Crippen molar-refractivity contribution in [3.63, 3.8) is 0 Å². The van der Waals surface area contributed by atoms with Crippen LogP contribution < -0.4 is 10.2 Å². The quantitative estimate of drug-likeness (QED) is 0.687. The molecular weight excluding hydrogens is 409 g/mol. The Kier molecular flexibility index (Phi) is 5.18. The Morgan fingerprint density at radius 1 is 1.16 bits per heavy atom. The fourth-order valence-electron chi connectivity index (χ4n) is 3.43. The lowest BCUT2D eigenvalue weighted by Crippen LogP contribution is -2.38. The Hall–Kier alpha value is -3.75. The highest BCUT2D eigenvalue weighted by Gasteiger charge is 2.31. The van der Waals surface area contributed by atoms with Gasteiger partial charge in [0, 0.05) is 29.3 Å². The van der Waals surface area contributed by atoms with Gasteiger partial charge in [0.1, 0.15) is 6.54 Å². The SMILES string of the molecule is Cc1cc2c(cn1)-c1ncccc1CC(=O)N2CC(=O)Nc1ccc(C(F)(F)F)cc1. The first-order chi connectivity index (χ1) is 14.7. The molecule has 3 aromatic rings. The molecule has 2 aromatic heterocycles. The molecule has 1 aromatic carbocycles. The van der Waals surface area contributed by atoms with Crippen LogP contribution in [0.3, 0.4) is 0 Å². The Bertz CT molecular complexity index is 1160. The van der Waals surface area contributed by atoms with Crippen LogP contribution in [0.5, 0.6) is 0 Å². The minimum Gasteiger partial charge on any atom is -0.325 e. The predicted octanol–water partition coefficient (Wildman–Crippen LogP) is 4.00. The third-order valence-electron chi connectivity index (χ3n) is 4.90. The van der Waals surface area contributed by atoms with Crippen LogP contribution in [-0.2, 0) is 22.2 Å². The average Bonchev–Trinajstić information content (AvgIpc) is 2.82. The van der Waals surface area contributed by atoms with Gasteiger partial charge in [-0.3, -0.25) is 19.6 Å². The lowest BCUT2D eigenvalue weighted by Gasteiger charge is -2.22. The molecule has 0 aliphatic carbocycles. The number of aryl methyl sites for hydroxylation is 1. The molecule has 0 bridgehead atoms. The summed E-state index contributed by atoms with van der Waals surface area (Å²) in [6.45, 7) is 1.47. The number of aromatic nitrogens is 2. The van der Waals surface area contributed by atoms with Crippen molar-refractivity contribution < 1.29 is 22.8 Å². The van der Waals surface area contributed by atoms with Crippen molar-refractivity contribution in [2.24, 2.45) is 0 Å². The summed E-state index contributed by atoms with van der Waals surface area (Å²) in [4.78, 5) is 35.6. The summed E-state index contributed by atoms with van der Waals surface area (Å²) >= 11 is 0. The standard InChI is InChI=1S/C22H17F3N4O2/c1-13-9-18-17(11-27-13)21-14(3-2-8-26-21)10-20(31)29(18)12-19(30)28-16-6-4-15(5-7-16)22(23,24)25/h2-9,11H,10,12H2,1H3,(H,28,30). The van der Waals surface area contributed by atoms with Gasteiger partial charge in [-0.05, 0) is 48.9 Å². The Balaban J connectivity index is 1.60. The maximum atomic E-state index is 13.0. The van der Waals surface area contributed by atoms with Gasteiger partial charge in [-0.15, -0.1) is 0 Å². The highest BCUT2D eigenvalue weighted by molar-refractivity contribution is 6.07. The number of amides is 2. The maximum absolute atomic E-state index is 13.0. The van der Waals surface area contributed by atoms with E-state index in [-0.39, 0.29) is 24.6 Å². The van der Waals surface area contributed by atoms with E-state index in [0.717, 1.165) is 17.7 Å². The minimum absolute atomic E-state index is 0.0600. The zero-order valence-corrected chi connectivity index (χ0v) is 16.4. The molecule has 0 unspecified atom stereocenters. The second-order valence-corrected chi connectivity index (χ2v) is 7.13. The minimum atomic E-state index is -4.46. The van der Waals surface area contributed by atoms with E-state index in [9.17, 15) is 22.8 Å². The van der Waals surface area contributed by atoms with E-state index in [1.165, 1.54) is 17.0 Å². The maximum Gasteiger partial charge on any atom is 0.416 e. The first kappa shape index (κ1) is 20.5. The van der Waals surface area contributed by atoms with Crippen molar-refractivity contribution in [3.8, 4) is 11.3 Å². The molecular formula is C22H17F3N4O2. The molecule has 1 aliphatic heterocycles. The Labute approximate surface area is 175 Å². The molecule has 0 saturated heterocycles. The zero-order chi connectivity index (χ0) is 22.2. The summed E-state index contributed by atoms with van der Waals surface area (Å²) in [7, 11) is 0. The van der Waals surface area contributed by atoms with Gasteiger partial charge in [0.2, 0.25) is 11.8 Å². The van der Waals surface area contributed by atoms with E-state index < -0.39 is 17.6 Å². The number of rotatable bonds is 3. The molecule has 0 fully saturated rings. The number of hydrogen-bond acceptors (Lipinski definition) is 4. The van der Waals surface area contributed by atoms with Crippen LogP contribution in [0.15, 0.2) is 54.9 Å². The highest BCUT2D eigenvalue weighted by atomic mass is 19.4. The topological polar surface area (TPSA) is 75.2 Å². The fraction of sp³-hybridized carbons (Fsp3) is 0.182. The molecule has 4 rings (SSSR count). The van der Waals surface area contributed by atoms with Crippen LogP contribution in [-0.4, -0.2) is 28.3 Å². The summed E-state index contributed by atoms with van der Waals surface area (Å²) in [6.07, 6.45) is -1.15. The molecule has 158 valence electrons. The van der Waals surface area contributed by atoms with E-state index in [4.69, 9.17) is 0 Å². The van der Waals surface area contributed by atoms with E-state index in [1.807, 2.05) is 0 Å². The number of alkyl halides is 3. The van der Waals surface area contributed by atoms with Crippen LogP contribution in [0, 0.1) is 6.92 Å². The zero-order valence-electron chi connectivity index (χ0n) is 16.4. The molecule has 2 amide bonds. The molecule has 3 heterocycles. The number of nitrogens with one attached hydrogen (secondary N) is 1. The molecule has 0 spiro atoms. The number of pyridine rings is 2. The third-order valence-corrected chi connectivity index (χ3v) is 4.90. The normalized spacial score (nSPS) is 13.3. The average molecular weight is 426 g/mol. The van der Waals surface area contributed by atoms with E-state index >= 15 is 0 Å². The van der Waals surface area contributed by atoms with Gasteiger partial charge in [0.25, 0.3) is 0 Å². The van der Waals surface area contributed by atoms with Gasteiger partial charge in [-0.25, -0.2) is 0 Å². The molecule has 6 nitrogen and oxygen atoms in total. The number of halogens is 3. The number of carbonyl (C=O) groups excluding carboxylic acids is 2. The van der Waals surface area contributed by atoms with Crippen LogP contribution in [0.4, 0.5) is 24.5 Å². The van der Waals surface area contributed by atoms with Gasteiger partial charge in [-0.2, -0.15) is 13.2 Å². The van der Waals surface area contributed by atoms with Crippen LogP contribution in [0.25, 0.3) is 11.3 Å². The largest absolute Gasteiger partial charge is 0.416 e. The first-order valence-corrected chi connectivity index (χ1v) is 9.41. The number of nitrogens with zero attached hydrogens (tertiary/aromatic N) is 3. The molecule has 0 atom stereocenters. The van der Waals surface area contributed by atoms with Gasteiger partial charge in [0.15, 0.2) is 0 Å². The molecule has 1 N–H and O–H groups in total. The van der Waals surface area contributed by atoms with E-state index in [1.54, 1.807) is 37.5 Å². The van der Waals surface area contributed by atoms with Gasteiger partial charge in [-0.1, -0.05) is 6.07 Å². The third kappa shape index (κ3) is 4.25. The van der Waals surface area contributed by atoms with Gasteiger partial charge >= 0.3 is 6.18 Å². The lowest BCUT2D eigenvalue weighted by atomic mass is 10.1. The molecule has 31 heavy (non-hydrogen) atoms. The smallest absolute Gasteiger partial charge is 0.325 e. The second-order valence-electron chi connectivity index (χ2n) is 7.13. The van der Waals surface area contributed by atoms with Crippen molar-refractivity contribution in [2.75, 3.05) is 16.8 Å². The van der Waals surface area contributed by atoms with Crippen molar-refractivity contribution in [2.45, 2.75) is 19.5 Å². The van der Waals surface area contributed by atoms with Crippen molar-refractivity contribution >= 4 is 23.2 Å². The Morgan fingerprint density at radius 2 is 1.90 bits per heavy atom.